The fourth-order valence-corrected chi connectivity index (χ4v) is 3.97. The molecule has 0 radical (unpaired) electrons. The summed E-state index contributed by atoms with van der Waals surface area (Å²) in [6, 6.07) is 0. The zero-order valence-corrected chi connectivity index (χ0v) is 19.4. The molecular formula is C27H37NO3. The molecule has 2 rings (SSSR count). The standard InChI is InChI=1S/C27H37NO3/c1-5-7-8-14-23(26(30)28-17-10-12-21(20-29)11-6-2)22-13-9-15-24-25(19-22)31-18-16-27(24,3)4/h6,9-12,15,17,19-20,23H,5,7-8,13-14,16,18H2,1-4H3,(H,28,30)/b11-6-,17-10+,21-12+. The van der Waals surface area contributed by atoms with E-state index < -0.39 is 0 Å². The van der Waals surface area contributed by atoms with Crippen LogP contribution in [0.1, 0.15) is 66.2 Å². The molecule has 4 nitrogen and oxygen atoms in total. The molecule has 0 aromatic carbocycles. The Hall–Kier alpha value is -2.62. The summed E-state index contributed by atoms with van der Waals surface area (Å²) in [5, 5.41) is 2.91. The first-order valence-corrected chi connectivity index (χ1v) is 11.4. The molecule has 1 aliphatic carbocycles. The van der Waals surface area contributed by atoms with Gasteiger partial charge in [0.05, 0.1) is 12.5 Å². The van der Waals surface area contributed by atoms with E-state index in [4.69, 9.17) is 4.74 Å². The van der Waals surface area contributed by atoms with Gasteiger partial charge in [-0.05, 0) is 49.3 Å². The van der Waals surface area contributed by atoms with Gasteiger partial charge in [0.15, 0.2) is 0 Å². The smallest absolute Gasteiger partial charge is 0.231 e. The Bertz CT molecular complexity index is 821. The van der Waals surface area contributed by atoms with Gasteiger partial charge < -0.3 is 10.1 Å². The number of ether oxygens (including phenoxy) is 1. The van der Waals surface area contributed by atoms with E-state index >= 15 is 0 Å². The van der Waals surface area contributed by atoms with Crippen molar-refractivity contribution < 1.29 is 14.3 Å². The second-order valence-corrected chi connectivity index (χ2v) is 8.79. The van der Waals surface area contributed by atoms with Crippen LogP contribution in [-0.2, 0) is 14.3 Å². The van der Waals surface area contributed by atoms with Crippen LogP contribution in [0.25, 0.3) is 0 Å². The van der Waals surface area contributed by atoms with Crippen LogP contribution in [0.2, 0.25) is 0 Å². The molecule has 1 unspecified atom stereocenters. The average Bonchev–Trinajstić information content (AvgIpc) is 2.96. The number of allylic oxidation sites excluding steroid dienone is 9. The molecule has 0 bridgehead atoms. The maximum atomic E-state index is 13.1. The van der Waals surface area contributed by atoms with Crippen molar-refractivity contribution in [2.45, 2.75) is 66.2 Å². The maximum absolute atomic E-state index is 13.1. The number of carbonyl (C=O) groups excluding carboxylic acids is 2. The third kappa shape index (κ3) is 7.23. The van der Waals surface area contributed by atoms with E-state index in [2.05, 4.69) is 44.3 Å². The van der Waals surface area contributed by atoms with Crippen molar-refractivity contribution in [3.05, 3.63) is 71.2 Å². The zero-order valence-electron chi connectivity index (χ0n) is 19.4. The molecule has 0 aromatic heterocycles. The van der Waals surface area contributed by atoms with E-state index in [1.165, 1.54) is 5.57 Å². The summed E-state index contributed by atoms with van der Waals surface area (Å²) < 4.78 is 6.00. The number of aldehydes is 1. The van der Waals surface area contributed by atoms with Gasteiger partial charge in [-0.1, -0.05) is 76.0 Å². The van der Waals surface area contributed by atoms with Crippen molar-refractivity contribution in [1.82, 2.24) is 5.32 Å². The van der Waals surface area contributed by atoms with Gasteiger partial charge in [-0.2, -0.15) is 0 Å². The van der Waals surface area contributed by atoms with Crippen LogP contribution in [0.4, 0.5) is 0 Å². The predicted octanol–water partition coefficient (Wildman–Crippen LogP) is 6.10. The minimum atomic E-state index is -0.202. The van der Waals surface area contributed by atoms with Crippen molar-refractivity contribution in [2.75, 3.05) is 6.61 Å². The van der Waals surface area contributed by atoms with E-state index in [-0.39, 0.29) is 17.2 Å². The predicted molar refractivity (Wildman–Crippen MR) is 127 cm³/mol. The van der Waals surface area contributed by atoms with E-state index in [0.29, 0.717) is 12.2 Å². The van der Waals surface area contributed by atoms with Gasteiger partial charge in [0, 0.05) is 11.8 Å². The molecule has 0 fully saturated rings. The van der Waals surface area contributed by atoms with Crippen LogP contribution >= 0.6 is 0 Å². The van der Waals surface area contributed by atoms with Crippen LogP contribution in [0.3, 0.4) is 0 Å². The summed E-state index contributed by atoms with van der Waals surface area (Å²) >= 11 is 0. The number of hydrogen-bond acceptors (Lipinski definition) is 3. The third-order valence-corrected chi connectivity index (χ3v) is 5.90. The summed E-state index contributed by atoms with van der Waals surface area (Å²) in [5.41, 5.74) is 2.95. The number of carbonyl (C=O) groups is 2. The summed E-state index contributed by atoms with van der Waals surface area (Å²) in [6.45, 7) is 9.23. The minimum absolute atomic E-state index is 0.0155. The largest absolute Gasteiger partial charge is 0.493 e. The molecule has 2 aliphatic rings. The third-order valence-electron chi connectivity index (χ3n) is 5.90. The quantitative estimate of drug-likeness (QED) is 0.200. The number of nitrogens with one attached hydrogen (secondary N) is 1. The van der Waals surface area contributed by atoms with Crippen LogP contribution < -0.4 is 5.32 Å². The first-order chi connectivity index (χ1) is 14.9. The summed E-state index contributed by atoms with van der Waals surface area (Å²) in [4.78, 5) is 24.1. The summed E-state index contributed by atoms with van der Waals surface area (Å²) in [7, 11) is 0. The number of rotatable bonds is 10. The van der Waals surface area contributed by atoms with Gasteiger partial charge in [0.2, 0.25) is 5.91 Å². The van der Waals surface area contributed by atoms with Crippen molar-refractivity contribution in [3.63, 3.8) is 0 Å². The fraction of sp³-hybridized carbons (Fsp3) is 0.481. The first-order valence-electron chi connectivity index (χ1n) is 11.4. The van der Waals surface area contributed by atoms with Crippen molar-refractivity contribution in [1.29, 1.82) is 0 Å². The molecule has 0 saturated heterocycles. The first kappa shape index (κ1) is 24.6. The Balaban J connectivity index is 2.22. The van der Waals surface area contributed by atoms with Crippen molar-refractivity contribution in [3.8, 4) is 0 Å². The zero-order chi connectivity index (χ0) is 22.7. The van der Waals surface area contributed by atoms with E-state index in [0.717, 1.165) is 56.1 Å². The van der Waals surface area contributed by atoms with Crippen molar-refractivity contribution in [2.24, 2.45) is 11.3 Å². The van der Waals surface area contributed by atoms with E-state index in [1.807, 2.05) is 6.92 Å². The molecule has 1 atom stereocenters. The lowest BCUT2D eigenvalue weighted by atomic mass is 9.79. The van der Waals surface area contributed by atoms with Crippen LogP contribution in [-0.4, -0.2) is 18.8 Å². The van der Waals surface area contributed by atoms with Crippen molar-refractivity contribution >= 4 is 12.2 Å². The highest BCUT2D eigenvalue weighted by Gasteiger charge is 2.31. The van der Waals surface area contributed by atoms with E-state index in [9.17, 15) is 9.59 Å². The molecule has 1 N–H and O–H groups in total. The number of amides is 1. The second-order valence-electron chi connectivity index (χ2n) is 8.79. The molecular weight excluding hydrogens is 386 g/mol. The molecule has 1 amide bonds. The lowest BCUT2D eigenvalue weighted by Crippen LogP contribution is -2.28. The Kier molecular flexibility index (Phi) is 9.77. The molecule has 168 valence electrons. The molecule has 1 heterocycles. The summed E-state index contributed by atoms with van der Waals surface area (Å²) in [5.74, 6) is 0.693. The van der Waals surface area contributed by atoms with Gasteiger partial charge in [0.1, 0.15) is 12.0 Å². The molecule has 4 heteroatoms. The Labute approximate surface area is 187 Å². The fourth-order valence-electron chi connectivity index (χ4n) is 3.97. The average molecular weight is 424 g/mol. The van der Waals surface area contributed by atoms with Crippen LogP contribution in [0.15, 0.2) is 71.2 Å². The molecule has 1 aliphatic heterocycles. The topological polar surface area (TPSA) is 55.4 Å². The van der Waals surface area contributed by atoms with E-state index in [1.54, 1.807) is 30.5 Å². The number of hydrogen-bond donors (Lipinski definition) is 1. The Morgan fingerprint density at radius 3 is 2.84 bits per heavy atom. The molecule has 0 saturated carbocycles. The van der Waals surface area contributed by atoms with Gasteiger partial charge in [-0.3, -0.25) is 9.59 Å². The molecule has 0 aromatic rings. The van der Waals surface area contributed by atoms with Gasteiger partial charge in [-0.25, -0.2) is 0 Å². The number of unbranched alkanes of at least 4 members (excludes halogenated alkanes) is 2. The minimum Gasteiger partial charge on any atom is -0.493 e. The SMILES string of the molecule is C\C=C/C(C=O)=C\C=C\NC(=O)C(CCCCC)C1=CC2=C(C=CC1)C(C)(C)CCO2. The lowest BCUT2D eigenvalue weighted by molar-refractivity contribution is -0.123. The van der Waals surface area contributed by atoms with Crippen LogP contribution in [0, 0.1) is 11.3 Å². The van der Waals surface area contributed by atoms with Gasteiger partial charge in [0.25, 0.3) is 0 Å². The van der Waals surface area contributed by atoms with Gasteiger partial charge in [-0.15, -0.1) is 0 Å². The monoisotopic (exact) mass is 423 g/mol. The highest BCUT2D eigenvalue weighted by molar-refractivity contribution is 5.83. The maximum Gasteiger partial charge on any atom is 0.231 e. The highest BCUT2D eigenvalue weighted by atomic mass is 16.5. The molecule has 31 heavy (non-hydrogen) atoms. The van der Waals surface area contributed by atoms with Crippen LogP contribution in [0.5, 0.6) is 0 Å². The highest BCUT2D eigenvalue weighted by Crippen LogP contribution is 2.40. The Morgan fingerprint density at radius 1 is 1.32 bits per heavy atom. The molecule has 0 spiro atoms. The van der Waals surface area contributed by atoms with Gasteiger partial charge >= 0.3 is 0 Å². The lowest BCUT2D eigenvalue weighted by Gasteiger charge is -2.32. The Morgan fingerprint density at radius 2 is 2.13 bits per heavy atom. The normalized spacial score (nSPS) is 19.6. The second kappa shape index (κ2) is 12.3. The summed E-state index contributed by atoms with van der Waals surface area (Å²) in [6.07, 6.45) is 21.5.